The SMILES string of the molecule is CCC(C)OC(=O)C(COC(=O)Oc1c(F)cc(NC(=O)c2cc(C)ccc2-c2ccc(C(F)(F)F)cc2)c(C(=O)N(C)C)c1F)(C(=O)O)c1cccs1. The van der Waals surface area contributed by atoms with Gasteiger partial charge in [-0.1, -0.05) is 42.8 Å². The number of nitrogens with zero attached hydrogens (tertiary/aromatic N) is 1. The first-order chi connectivity index (χ1) is 25.3. The normalized spacial score (nSPS) is 12.9. The van der Waals surface area contributed by atoms with E-state index in [9.17, 15) is 42.3 Å². The molecule has 2 atom stereocenters. The third kappa shape index (κ3) is 8.68. The summed E-state index contributed by atoms with van der Waals surface area (Å²) in [6, 6.07) is 11.6. The van der Waals surface area contributed by atoms with Gasteiger partial charge in [0.25, 0.3) is 11.8 Å². The lowest BCUT2D eigenvalue weighted by Crippen LogP contribution is -2.49. The molecule has 0 bridgehead atoms. The largest absolute Gasteiger partial charge is 0.514 e. The summed E-state index contributed by atoms with van der Waals surface area (Å²) in [6.07, 6.45) is -6.87. The number of carbonyl (C=O) groups is 5. The van der Waals surface area contributed by atoms with Crippen LogP contribution in [-0.2, 0) is 30.7 Å². The molecule has 4 aromatic rings. The Morgan fingerprint density at radius 1 is 0.981 bits per heavy atom. The lowest BCUT2D eigenvalue weighted by molar-refractivity contribution is -0.167. The van der Waals surface area contributed by atoms with Gasteiger partial charge in [-0.3, -0.25) is 19.2 Å². The maximum Gasteiger partial charge on any atom is 0.514 e. The molecule has 2 amide bonds. The summed E-state index contributed by atoms with van der Waals surface area (Å²) in [7, 11) is 2.42. The molecule has 17 heteroatoms. The van der Waals surface area contributed by atoms with Gasteiger partial charge in [-0.25, -0.2) is 13.6 Å². The van der Waals surface area contributed by atoms with Crippen LogP contribution in [0, 0.1) is 18.6 Å². The number of ether oxygens (including phenoxy) is 3. The van der Waals surface area contributed by atoms with Crippen molar-refractivity contribution in [3.63, 3.8) is 0 Å². The molecule has 1 heterocycles. The highest BCUT2D eigenvalue weighted by Gasteiger charge is 2.53. The van der Waals surface area contributed by atoms with Crippen LogP contribution in [0.5, 0.6) is 5.75 Å². The van der Waals surface area contributed by atoms with Gasteiger partial charge in [0.1, 0.15) is 12.2 Å². The van der Waals surface area contributed by atoms with Crippen molar-refractivity contribution < 1.29 is 65.2 Å². The fourth-order valence-electron chi connectivity index (χ4n) is 5.01. The van der Waals surface area contributed by atoms with E-state index in [4.69, 9.17) is 14.2 Å². The summed E-state index contributed by atoms with van der Waals surface area (Å²) < 4.78 is 86.1. The number of thiophene rings is 1. The Morgan fingerprint density at radius 3 is 2.20 bits per heavy atom. The van der Waals surface area contributed by atoms with Crippen LogP contribution in [0.1, 0.15) is 57.0 Å². The molecule has 0 radical (unpaired) electrons. The molecule has 0 saturated carbocycles. The Balaban J connectivity index is 1.68. The number of aryl methyl sites for hydroxylation is 1. The monoisotopic (exact) mass is 776 g/mol. The highest BCUT2D eigenvalue weighted by molar-refractivity contribution is 7.10. The molecule has 0 fully saturated rings. The van der Waals surface area contributed by atoms with Crippen LogP contribution in [0.25, 0.3) is 11.1 Å². The fraction of sp³-hybridized carbons (Fsp3) is 0.270. The first-order valence-electron chi connectivity index (χ1n) is 16.0. The van der Waals surface area contributed by atoms with E-state index in [0.717, 1.165) is 40.5 Å². The van der Waals surface area contributed by atoms with Crippen LogP contribution in [0.3, 0.4) is 0 Å². The molecule has 54 heavy (non-hydrogen) atoms. The summed E-state index contributed by atoms with van der Waals surface area (Å²) >= 11 is 0.845. The number of carboxylic acids is 1. The van der Waals surface area contributed by atoms with Crippen LogP contribution in [-0.4, -0.2) is 66.7 Å². The van der Waals surface area contributed by atoms with Crippen molar-refractivity contribution >= 4 is 46.9 Å². The van der Waals surface area contributed by atoms with E-state index in [1.807, 2.05) is 0 Å². The number of nitrogens with one attached hydrogen (secondary N) is 1. The highest BCUT2D eigenvalue weighted by atomic mass is 32.1. The Bertz CT molecular complexity index is 2070. The number of rotatable bonds is 12. The summed E-state index contributed by atoms with van der Waals surface area (Å²) in [6.45, 7) is 3.60. The molecule has 286 valence electrons. The molecule has 0 aliphatic rings. The van der Waals surface area contributed by atoms with Crippen molar-refractivity contribution in [2.45, 2.75) is 44.9 Å². The molecule has 1 aromatic heterocycles. The standard InChI is InChI=1S/C37H33F5N2O9S/c1-6-20(3)52-34(49)36(33(47)48,27-8-7-15-54-27)18-51-35(50)53-30-25(38)17-26(28(29(30)39)32(46)44(4)5)43-31(45)24-16-19(2)9-14-23(24)21-10-12-22(13-11-21)37(40,41)42/h7-17,20H,6,18H2,1-5H3,(H,43,45)(H,47,48). The Hall–Kier alpha value is -5.84. The second-order valence-corrected chi connectivity index (χ2v) is 13.1. The predicted molar refractivity (Wildman–Crippen MR) is 185 cm³/mol. The summed E-state index contributed by atoms with van der Waals surface area (Å²) in [5.74, 6) is -9.97. The van der Waals surface area contributed by atoms with E-state index >= 15 is 8.78 Å². The van der Waals surface area contributed by atoms with Crippen LogP contribution >= 0.6 is 11.3 Å². The van der Waals surface area contributed by atoms with E-state index in [1.54, 1.807) is 19.9 Å². The minimum Gasteiger partial charge on any atom is -0.480 e. The number of esters is 1. The molecule has 2 N–H and O–H groups in total. The number of carboxylic acid groups (broad SMARTS) is 1. The zero-order valence-electron chi connectivity index (χ0n) is 29.3. The van der Waals surface area contributed by atoms with Gasteiger partial charge in [0.2, 0.25) is 11.2 Å². The number of hydrogen-bond donors (Lipinski definition) is 2. The third-order valence-electron chi connectivity index (χ3n) is 8.12. The topological polar surface area (TPSA) is 149 Å². The molecule has 0 spiro atoms. The summed E-state index contributed by atoms with van der Waals surface area (Å²) in [4.78, 5) is 66.2. The number of hydrogen-bond acceptors (Lipinski definition) is 9. The lowest BCUT2D eigenvalue weighted by atomic mass is 9.87. The zero-order valence-corrected chi connectivity index (χ0v) is 30.1. The molecular formula is C37H33F5N2O9S. The highest BCUT2D eigenvalue weighted by Crippen LogP contribution is 2.36. The van der Waals surface area contributed by atoms with Crippen molar-refractivity contribution in [3.8, 4) is 16.9 Å². The molecule has 11 nitrogen and oxygen atoms in total. The second kappa shape index (κ2) is 16.4. The van der Waals surface area contributed by atoms with Gasteiger partial charge in [0, 0.05) is 30.6 Å². The summed E-state index contributed by atoms with van der Waals surface area (Å²) in [5, 5.41) is 13.9. The van der Waals surface area contributed by atoms with E-state index in [2.05, 4.69) is 5.32 Å². The molecule has 4 rings (SSSR count). The number of amides is 2. The van der Waals surface area contributed by atoms with E-state index in [-0.39, 0.29) is 21.6 Å². The smallest absolute Gasteiger partial charge is 0.480 e. The second-order valence-electron chi connectivity index (χ2n) is 12.2. The quantitative estimate of drug-likeness (QED) is 0.0635. The number of alkyl halides is 3. The van der Waals surface area contributed by atoms with Gasteiger partial charge >= 0.3 is 24.3 Å². The predicted octanol–water partition coefficient (Wildman–Crippen LogP) is 7.85. The maximum atomic E-state index is 16.1. The van der Waals surface area contributed by atoms with Crippen molar-refractivity contribution in [1.82, 2.24) is 4.90 Å². The molecule has 0 aliphatic carbocycles. The fourth-order valence-corrected chi connectivity index (χ4v) is 5.90. The van der Waals surface area contributed by atoms with E-state index in [1.165, 1.54) is 50.7 Å². The van der Waals surface area contributed by atoms with Gasteiger partial charge in [-0.05, 0) is 61.0 Å². The van der Waals surface area contributed by atoms with Gasteiger partial charge in [-0.15, -0.1) is 11.3 Å². The number of carbonyl (C=O) groups excluding carboxylic acids is 4. The van der Waals surface area contributed by atoms with Crippen LogP contribution < -0.4 is 10.1 Å². The van der Waals surface area contributed by atoms with E-state index in [0.29, 0.717) is 18.1 Å². The molecular weight excluding hydrogens is 743 g/mol. The van der Waals surface area contributed by atoms with Crippen molar-refractivity contribution in [1.29, 1.82) is 0 Å². The number of benzene rings is 3. The molecule has 0 saturated heterocycles. The Kier molecular flexibility index (Phi) is 12.5. The van der Waals surface area contributed by atoms with Crippen molar-refractivity contribution in [2.24, 2.45) is 0 Å². The molecule has 2 unspecified atom stereocenters. The van der Waals surface area contributed by atoms with Crippen LogP contribution in [0.15, 0.2) is 66.0 Å². The lowest BCUT2D eigenvalue weighted by Gasteiger charge is -2.27. The summed E-state index contributed by atoms with van der Waals surface area (Å²) in [5.41, 5.74) is -4.40. The Morgan fingerprint density at radius 2 is 1.65 bits per heavy atom. The zero-order chi connectivity index (χ0) is 40.1. The van der Waals surface area contributed by atoms with Crippen LogP contribution in [0.4, 0.5) is 32.4 Å². The number of halogens is 5. The average Bonchev–Trinajstić information content (AvgIpc) is 3.65. The van der Waals surface area contributed by atoms with Gasteiger partial charge in [0.15, 0.2) is 11.6 Å². The minimum atomic E-state index is -4.61. The third-order valence-corrected chi connectivity index (χ3v) is 9.15. The average molecular weight is 777 g/mol. The number of aliphatic carboxylic acids is 1. The van der Waals surface area contributed by atoms with Crippen LogP contribution in [0.2, 0.25) is 0 Å². The first-order valence-corrected chi connectivity index (χ1v) is 16.9. The molecule has 0 aliphatic heterocycles. The number of anilines is 1. The van der Waals surface area contributed by atoms with Crippen molar-refractivity contribution in [3.05, 3.63) is 105 Å². The maximum absolute atomic E-state index is 16.1. The van der Waals surface area contributed by atoms with Gasteiger partial charge < -0.3 is 29.5 Å². The Labute approximate surface area is 309 Å². The van der Waals surface area contributed by atoms with Gasteiger partial charge in [-0.2, -0.15) is 13.2 Å². The minimum absolute atomic E-state index is 0.0810. The first kappa shape index (κ1) is 40.9. The van der Waals surface area contributed by atoms with Crippen molar-refractivity contribution in [2.75, 3.05) is 26.0 Å². The van der Waals surface area contributed by atoms with Gasteiger partial charge in [0.05, 0.1) is 17.4 Å². The molecule has 3 aromatic carbocycles. The van der Waals surface area contributed by atoms with E-state index < -0.39 is 88.4 Å².